The van der Waals surface area contributed by atoms with Crippen molar-refractivity contribution in [2.45, 2.75) is 45.8 Å². The molecule has 12 heavy (non-hydrogen) atoms. The van der Waals surface area contributed by atoms with Crippen LogP contribution in [0.5, 0.6) is 0 Å². The molecule has 0 aromatic rings. The van der Waals surface area contributed by atoms with Gasteiger partial charge in [0.2, 0.25) is 6.04 Å². The lowest BCUT2D eigenvalue weighted by Gasteiger charge is -2.29. The fraction of sp³-hybridized carbons (Fsp3) is 1.00. The van der Waals surface area contributed by atoms with Gasteiger partial charge < -0.3 is 5.11 Å². The second-order valence-corrected chi connectivity index (χ2v) is 3.59. The lowest BCUT2D eigenvalue weighted by Crippen LogP contribution is -2.48. The Kier molecular flexibility index (Phi) is 3.64. The molecule has 4 heteroatoms. The minimum Gasteiger partial charge on any atom is -0.383 e. The smallest absolute Gasteiger partial charge is 0.241 e. The van der Waals surface area contributed by atoms with Crippen LogP contribution in [0.25, 0.3) is 0 Å². The van der Waals surface area contributed by atoms with Gasteiger partial charge in [0, 0.05) is 11.3 Å². The van der Waals surface area contributed by atoms with Gasteiger partial charge in [0.05, 0.1) is 0 Å². The van der Waals surface area contributed by atoms with E-state index in [4.69, 9.17) is 0 Å². The Morgan fingerprint density at radius 3 is 2.08 bits per heavy atom. The summed E-state index contributed by atoms with van der Waals surface area (Å²) < 4.78 is 0. The number of rotatable bonds is 4. The molecule has 0 aliphatic carbocycles. The van der Waals surface area contributed by atoms with E-state index >= 15 is 0 Å². The maximum Gasteiger partial charge on any atom is 0.241 e. The van der Waals surface area contributed by atoms with E-state index in [0.717, 1.165) is 0 Å². The van der Waals surface area contributed by atoms with Crippen LogP contribution in [-0.4, -0.2) is 21.7 Å². The normalized spacial score (nSPS) is 18.8. The molecule has 72 valence electrons. The summed E-state index contributed by atoms with van der Waals surface area (Å²) >= 11 is 0. The second kappa shape index (κ2) is 3.85. The van der Waals surface area contributed by atoms with Crippen LogP contribution in [0, 0.1) is 16.0 Å². The van der Waals surface area contributed by atoms with E-state index in [1.54, 1.807) is 20.8 Å². The van der Waals surface area contributed by atoms with E-state index in [1.165, 1.54) is 6.92 Å². The van der Waals surface area contributed by atoms with Gasteiger partial charge in [-0.2, -0.15) is 0 Å². The molecule has 1 N–H and O–H groups in total. The number of nitro groups is 1. The van der Waals surface area contributed by atoms with E-state index in [1.807, 2.05) is 0 Å². The Morgan fingerprint density at radius 1 is 1.58 bits per heavy atom. The lowest BCUT2D eigenvalue weighted by atomic mass is 9.84. The predicted octanol–water partition coefficient (Wildman–Crippen LogP) is 1.45. The summed E-state index contributed by atoms with van der Waals surface area (Å²) in [6, 6.07) is -0.863. The van der Waals surface area contributed by atoms with Crippen LogP contribution in [0.2, 0.25) is 0 Å². The summed E-state index contributed by atoms with van der Waals surface area (Å²) in [5.41, 5.74) is -1.21. The lowest BCUT2D eigenvalue weighted by molar-refractivity contribution is -0.547. The van der Waals surface area contributed by atoms with Gasteiger partial charge >= 0.3 is 0 Å². The number of hydrogen-bond acceptors (Lipinski definition) is 3. The minimum absolute atomic E-state index is 0.104. The van der Waals surface area contributed by atoms with Gasteiger partial charge in [0.1, 0.15) is 5.60 Å². The largest absolute Gasteiger partial charge is 0.383 e. The molecule has 0 radical (unpaired) electrons. The van der Waals surface area contributed by atoms with Crippen molar-refractivity contribution in [1.82, 2.24) is 0 Å². The molecule has 0 saturated carbocycles. The fourth-order valence-corrected chi connectivity index (χ4v) is 1.16. The first-order valence-electron chi connectivity index (χ1n) is 4.19. The first-order valence-corrected chi connectivity index (χ1v) is 4.19. The Bertz CT molecular complexity index is 166. The Labute approximate surface area is 72.7 Å². The zero-order valence-electron chi connectivity index (χ0n) is 8.07. The summed E-state index contributed by atoms with van der Waals surface area (Å²) in [5, 5.41) is 20.3. The molecule has 4 nitrogen and oxygen atoms in total. The van der Waals surface area contributed by atoms with E-state index < -0.39 is 16.6 Å². The van der Waals surface area contributed by atoms with Gasteiger partial charge in [-0.05, 0) is 12.8 Å². The zero-order valence-corrected chi connectivity index (χ0v) is 8.07. The molecule has 0 spiro atoms. The molecule has 0 heterocycles. The average Bonchev–Trinajstić information content (AvgIpc) is 1.86. The Hall–Kier alpha value is -0.640. The summed E-state index contributed by atoms with van der Waals surface area (Å²) in [6.07, 6.45) is 0.359. The van der Waals surface area contributed by atoms with Crippen molar-refractivity contribution in [1.29, 1.82) is 0 Å². The summed E-state index contributed by atoms with van der Waals surface area (Å²) in [7, 11) is 0. The molecule has 0 aliphatic rings. The molecule has 0 aromatic carbocycles. The number of nitrogens with zero attached hydrogens (tertiary/aromatic N) is 1. The molecule has 2 atom stereocenters. The van der Waals surface area contributed by atoms with Crippen LogP contribution in [0.1, 0.15) is 34.1 Å². The van der Waals surface area contributed by atoms with Gasteiger partial charge in [-0.15, -0.1) is 0 Å². The van der Waals surface area contributed by atoms with Crippen molar-refractivity contribution in [3.05, 3.63) is 10.1 Å². The summed E-state index contributed by atoms with van der Waals surface area (Å²) in [4.78, 5) is 10.1. The van der Waals surface area contributed by atoms with Crippen LogP contribution < -0.4 is 0 Å². The average molecular weight is 175 g/mol. The molecule has 0 bridgehead atoms. The second-order valence-electron chi connectivity index (χ2n) is 3.59. The standard InChI is InChI=1S/C8H17NO3/c1-5-7(9(11)12)8(4,10)6(2)3/h6-7,10H,5H2,1-4H3. The van der Waals surface area contributed by atoms with E-state index in [-0.39, 0.29) is 5.92 Å². The maximum absolute atomic E-state index is 10.5. The van der Waals surface area contributed by atoms with Crippen LogP contribution in [0.4, 0.5) is 0 Å². The molecule has 0 aromatic heterocycles. The highest BCUT2D eigenvalue weighted by Crippen LogP contribution is 2.24. The van der Waals surface area contributed by atoms with Crippen LogP contribution in [0.15, 0.2) is 0 Å². The molecule has 0 aliphatic heterocycles. The van der Waals surface area contributed by atoms with Crippen molar-refractivity contribution in [2.24, 2.45) is 5.92 Å². The zero-order chi connectivity index (χ0) is 9.94. The van der Waals surface area contributed by atoms with Gasteiger partial charge in [-0.25, -0.2) is 0 Å². The third-order valence-corrected chi connectivity index (χ3v) is 2.48. The summed E-state index contributed by atoms with van der Waals surface area (Å²) in [6.45, 7) is 6.80. The highest BCUT2D eigenvalue weighted by Gasteiger charge is 2.42. The van der Waals surface area contributed by atoms with Crippen molar-refractivity contribution in [2.75, 3.05) is 0 Å². The first kappa shape index (κ1) is 11.4. The van der Waals surface area contributed by atoms with Crippen LogP contribution in [-0.2, 0) is 0 Å². The predicted molar refractivity (Wildman–Crippen MR) is 46.5 cm³/mol. The SMILES string of the molecule is CCC([N+](=O)[O-])C(C)(O)C(C)C. The summed E-state index contributed by atoms with van der Waals surface area (Å²) in [5.74, 6) is -0.104. The van der Waals surface area contributed by atoms with Crippen LogP contribution in [0.3, 0.4) is 0 Å². The van der Waals surface area contributed by atoms with Crippen molar-refractivity contribution in [3.63, 3.8) is 0 Å². The van der Waals surface area contributed by atoms with Gasteiger partial charge in [-0.1, -0.05) is 20.8 Å². The van der Waals surface area contributed by atoms with Crippen molar-refractivity contribution < 1.29 is 10.0 Å². The molecular formula is C8H17NO3. The maximum atomic E-state index is 10.5. The molecule has 0 fully saturated rings. The van der Waals surface area contributed by atoms with E-state index in [0.29, 0.717) is 6.42 Å². The van der Waals surface area contributed by atoms with E-state index in [2.05, 4.69) is 0 Å². The number of hydrogen-bond donors (Lipinski definition) is 1. The van der Waals surface area contributed by atoms with Crippen molar-refractivity contribution in [3.8, 4) is 0 Å². The molecule has 2 unspecified atom stereocenters. The monoisotopic (exact) mass is 175 g/mol. The third-order valence-electron chi connectivity index (χ3n) is 2.48. The Morgan fingerprint density at radius 2 is 2.00 bits per heavy atom. The van der Waals surface area contributed by atoms with Crippen molar-refractivity contribution >= 4 is 0 Å². The Balaban J connectivity index is 4.59. The molecular weight excluding hydrogens is 158 g/mol. The molecule has 0 saturated heterocycles. The highest BCUT2D eigenvalue weighted by atomic mass is 16.6. The fourth-order valence-electron chi connectivity index (χ4n) is 1.16. The topological polar surface area (TPSA) is 63.4 Å². The minimum atomic E-state index is -1.21. The highest BCUT2D eigenvalue weighted by molar-refractivity contribution is 4.84. The number of aliphatic hydroxyl groups is 1. The quantitative estimate of drug-likeness (QED) is 0.519. The van der Waals surface area contributed by atoms with Crippen LogP contribution >= 0.6 is 0 Å². The molecule has 0 amide bonds. The first-order chi connectivity index (χ1) is 5.34. The van der Waals surface area contributed by atoms with Gasteiger partial charge in [0.25, 0.3) is 0 Å². The van der Waals surface area contributed by atoms with Gasteiger partial charge in [-0.3, -0.25) is 10.1 Å². The van der Waals surface area contributed by atoms with E-state index in [9.17, 15) is 15.2 Å². The third kappa shape index (κ3) is 2.17. The van der Waals surface area contributed by atoms with Gasteiger partial charge in [0.15, 0.2) is 0 Å². The molecule has 0 rings (SSSR count).